The molecule has 0 saturated carbocycles. The third kappa shape index (κ3) is 5.08. The highest BCUT2D eigenvalue weighted by atomic mass is 16.2. The number of likely N-dealkylation sites (N-methyl/N-ethyl adjacent to an activating group) is 1. The van der Waals surface area contributed by atoms with Crippen LogP contribution in [-0.4, -0.2) is 81.6 Å². The number of nitrogens with zero attached hydrogens (tertiary/aromatic N) is 5. The number of amides is 3. The number of pyridine rings is 1. The fourth-order valence-electron chi connectivity index (χ4n) is 3.78. The summed E-state index contributed by atoms with van der Waals surface area (Å²) in [5, 5.41) is 14.5. The second kappa shape index (κ2) is 9.88. The lowest BCUT2D eigenvalue weighted by molar-refractivity contribution is 0.0948. The zero-order valence-corrected chi connectivity index (χ0v) is 18.4. The Morgan fingerprint density at radius 1 is 1.23 bits per heavy atom. The summed E-state index contributed by atoms with van der Waals surface area (Å²) in [6.07, 6.45) is 2.63. The summed E-state index contributed by atoms with van der Waals surface area (Å²) >= 11 is 0. The summed E-state index contributed by atoms with van der Waals surface area (Å²) in [4.78, 5) is 29.0. The lowest BCUT2D eigenvalue weighted by Crippen LogP contribution is -2.41. The van der Waals surface area contributed by atoms with Gasteiger partial charge in [0.25, 0.3) is 5.91 Å². The highest BCUT2D eigenvalue weighted by Gasteiger charge is 2.30. The zero-order valence-electron chi connectivity index (χ0n) is 18.4. The number of urea groups is 1. The molecule has 1 atom stereocenters. The zero-order chi connectivity index (χ0) is 21.7. The van der Waals surface area contributed by atoms with Crippen molar-refractivity contribution in [2.75, 3.05) is 39.3 Å². The van der Waals surface area contributed by atoms with Gasteiger partial charge in [-0.25, -0.2) is 4.79 Å². The van der Waals surface area contributed by atoms with Gasteiger partial charge in [0, 0.05) is 44.3 Å². The standard InChI is InChI=1S/C21H33N7O2/c1-5-26(6-2)12-10-22-20(29)17-7-8-18-24-25-19(28(18)14-17)16-9-11-27(13-16)21(30)23-15(3)4/h7-8,14-16H,5-6,9-13H2,1-4H3,(H,22,29)(H,23,30)/t16-/m0/s1. The highest BCUT2D eigenvalue weighted by molar-refractivity contribution is 5.94. The van der Waals surface area contributed by atoms with E-state index in [4.69, 9.17) is 0 Å². The van der Waals surface area contributed by atoms with Crippen LogP contribution < -0.4 is 10.6 Å². The lowest BCUT2D eigenvalue weighted by atomic mass is 10.1. The summed E-state index contributed by atoms with van der Waals surface area (Å²) in [5.41, 5.74) is 1.28. The predicted molar refractivity (Wildman–Crippen MR) is 116 cm³/mol. The van der Waals surface area contributed by atoms with Crippen molar-refractivity contribution in [1.29, 1.82) is 0 Å². The number of carbonyl (C=O) groups is 2. The van der Waals surface area contributed by atoms with Crippen molar-refractivity contribution >= 4 is 17.6 Å². The Hall–Kier alpha value is -2.68. The monoisotopic (exact) mass is 415 g/mol. The van der Waals surface area contributed by atoms with E-state index in [1.54, 1.807) is 12.3 Å². The molecule has 0 radical (unpaired) electrons. The van der Waals surface area contributed by atoms with E-state index in [2.05, 4.69) is 39.6 Å². The van der Waals surface area contributed by atoms with E-state index in [-0.39, 0.29) is 23.9 Å². The number of rotatable bonds is 8. The van der Waals surface area contributed by atoms with Gasteiger partial charge in [0.15, 0.2) is 5.65 Å². The van der Waals surface area contributed by atoms with Gasteiger partial charge in [0.2, 0.25) is 0 Å². The van der Waals surface area contributed by atoms with Gasteiger partial charge in [0.05, 0.1) is 5.56 Å². The van der Waals surface area contributed by atoms with Crippen molar-refractivity contribution < 1.29 is 9.59 Å². The number of likely N-dealkylation sites (tertiary alicyclic amines) is 1. The first-order valence-corrected chi connectivity index (χ1v) is 10.8. The van der Waals surface area contributed by atoms with Crippen molar-refractivity contribution in [3.63, 3.8) is 0 Å². The third-order valence-electron chi connectivity index (χ3n) is 5.55. The first-order chi connectivity index (χ1) is 14.4. The number of carbonyl (C=O) groups excluding carboxylic acids is 2. The van der Waals surface area contributed by atoms with Crippen LogP contribution in [0.4, 0.5) is 4.79 Å². The van der Waals surface area contributed by atoms with E-state index in [9.17, 15) is 9.59 Å². The molecular formula is C21H33N7O2. The van der Waals surface area contributed by atoms with Crippen LogP contribution in [0.3, 0.4) is 0 Å². The molecule has 3 heterocycles. The quantitative estimate of drug-likeness (QED) is 0.684. The Bertz CT molecular complexity index is 875. The lowest BCUT2D eigenvalue weighted by Gasteiger charge is -2.19. The molecule has 3 rings (SSSR count). The van der Waals surface area contributed by atoms with Gasteiger partial charge in [0.1, 0.15) is 5.82 Å². The fourth-order valence-corrected chi connectivity index (χ4v) is 3.78. The Labute approximate surface area is 177 Å². The van der Waals surface area contributed by atoms with Crippen molar-refractivity contribution in [3.05, 3.63) is 29.7 Å². The Morgan fingerprint density at radius 2 is 2.00 bits per heavy atom. The minimum atomic E-state index is -0.104. The minimum Gasteiger partial charge on any atom is -0.351 e. The van der Waals surface area contributed by atoms with Gasteiger partial charge in [-0.3, -0.25) is 9.20 Å². The predicted octanol–water partition coefficient (Wildman–Crippen LogP) is 1.71. The third-order valence-corrected chi connectivity index (χ3v) is 5.55. The number of fused-ring (bicyclic) bond motifs is 1. The molecule has 1 saturated heterocycles. The second-order valence-electron chi connectivity index (χ2n) is 8.02. The van der Waals surface area contributed by atoms with Crippen LogP contribution in [0.2, 0.25) is 0 Å². The van der Waals surface area contributed by atoms with Crippen molar-refractivity contribution in [2.45, 2.75) is 46.1 Å². The van der Waals surface area contributed by atoms with Gasteiger partial charge in [-0.2, -0.15) is 0 Å². The highest BCUT2D eigenvalue weighted by Crippen LogP contribution is 2.26. The number of hydrogen-bond acceptors (Lipinski definition) is 5. The molecule has 2 aromatic rings. The summed E-state index contributed by atoms with van der Waals surface area (Å²) in [7, 11) is 0. The molecule has 9 nitrogen and oxygen atoms in total. The molecule has 1 fully saturated rings. The molecule has 0 unspecified atom stereocenters. The maximum Gasteiger partial charge on any atom is 0.317 e. The molecule has 0 aliphatic carbocycles. The van der Waals surface area contributed by atoms with Gasteiger partial charge in [-0.1, -0.05) is 13.8 Å². The Balaban J connectivity index is 1.68. The van der Waals surface area contributed by atoms with Gasteiger partial charge in [-0.15, -0.1) is 10.2 Å². The second-order valence-corrected chi connectivity index (χ2v) is 8.02. The first-order valence-electron chi connectivity index (χ1n) is 10.8. The molecule has 30 heavy (non-hydrogen) atoms. The van der Waals surface area contributed by atoms with Crippen LogP contribution in [0, 0.1) is 0 Å². The normalized spacial score (nSPS) is 16.6. The SMILES string of the molecule is CCN(CC)CCNC(=O)c1ccc2nnc([C@H]3CCN(C(=O)NC(C)C)C3)n2c1. The van der Waals surface area contributed by atoms with Crippen LogP contribution in [0.25, 0.3) is 5.65 Å². The topological polar surface area (TPSA) is 94.9 Å². The Kier molecular flexibility index (Phi) is 7.25. The van der Waals surface area contributed by atoms with Crippen LogP contribution in [0.15, 0.2) is 18.3 Å². The Morgan fingerprint density at radius 3 is 2.70 bits per heavy atom. The van der Waals surface area contributed by atoms with Crippen molar-refractivity contribution in [3.8, 4) is 0 Å². The van der Waals surface area contributed by atoms with Gasteiger partial charge in [-0.05, 0) is 45.5 Å². The van der Waals surface area contributed by atoms with Crippen LogP contribution in [-0.2, 0) is 0 Å². The molecule has 0 aromatic carbocycles. The van der Waals surface area contributed by atoms with E-state index < -0.39 is 0 Å². The smallest absolute Gasteiger partial charge is 0.317 e. The summed E-state index contributed by atoms with van der Waals surface area (Å²) in [5.74, 6) is 0.787. The van der Waals surface area contributed by atoms with E-state index in [1.165, 1.54) is 0 Å². The minimum absolute atomic E-state index is 0.0467. The number of nitrogens with one attached hydrogen (secondary N) is 2. The molecule has 2 N–H and O–H groups in total. The van der Waals surface area contributed by atoms with E-state index in [0.717, 1.165) is 31.9 Å². The largest absolute Gasteiger partial charge is 0.351 e. The summed E-state index contributed by atoms with van der Waals surface area (Å²) in [6, 6.07) is 3.65. The maximum atomic E-state index is 12.6. The average molecular weight is 416 g/mol. The van der Waals surface area contributed by atoms with Crippen LogP contribution >= 0.6 is 0 Å². The van der Waals surface area contributed by atoms with E-state index in [0.29, 0.717) is 30.8 Å². The maximum absolute atomic E-state index is 12.6. The van der Waals surface area contributed by atoms with Crippen LogP contribution in [0.5, 0.6) is 0 Å². The van der Waals surface area contributed by atoms with Crippen molar-refractivity contribution in [2.24, 2.45) is 0 Å². The molecule has 9 heteroatoms. The molecular weight excluding hydrogens is 382 g/mol. The number of hydrogen-bond donors (Lipinski definition) is 2. The molecule has 1 aliphatic heterocycles. The van der Waals surface area contributed by atoms with E-state index in [1.807, 2.05) is 29.2 Å². The van der Waals surface area contributed by atoms with Crippen molar-refractivity contribution in [1.82, 2.24) is 35.0 Å². The van der Waals surface area contributed by atoms with E-state index >= 15 is 0 Å². The van der Waals surface area contributed by atoms with Crippen LogP contribution in [0.1, 0.15) is 56.2 Å². The molecule has 3 amide bonds. The summed E-state index contributed by atoms with van der Waals surface area (Å²) < 4.78 is 1.88. The summed E-state index contributed by atoms with van der Waals surface area (Å²) in [6.45, 7) is 12.8. The number of aromatic nitrogens is 3. The average Bonchev–Trinajstić information content (AvgIpc) is 3.37. The molecule has 1 aliphatic rings. The molecule has 0 spiro atoms. The molecule has 2 aromatic heterocycles. The molecule has 0 bridgehead atoms. The first kappa shape index (κ1) is 22.0. The molecule has 164 valence electrons. The van der Waals surface area contributed by atoms with Gasteiger partial charge < -0.3 is 20.4 Å². The van der Waals surface area contributed by atoms with Gasteiger partial charge >= 0.3 is 6.03 Å². The fraction of sp³-hybridized carbons (Fsp3) is 0.619.